The molecule has 0 saturated carbocycles. The molecule has 1 heterocycles. The lowest BCUT2D eigenvalue weighted by molar-refractivity contribution is -0.138. The smallest absolute Gasteiger partial charge is 0.336 e. The number of halogens is 3. The molecule has 2 rings (SSSR count). The van der Waals surface area contributed by atoms with Crippen molar-refractivity contribution in [3.8, 4) is 0 Å². The molecule has 3 nitrogen and oxygen atoms in total. The topological polar surface area (TPSA) is 23.6 Å². The van der Waals surface area contributed by atoms with Crippen LogP contribution in [0.2, 0.25) is 0 Å². The molecule has 19 heavy (non-hydrogen) atoms. The van der Waals surface area contributed by atoms with Crippen LogP contribution in [0, 0.1) is 0 Å². The quantitative estimate of drug-likeness (QED) is 0.822. The Morgan fingerprint density at radius 1 is 1.16 bits per heavy atom. The standard InChI is InChI=1S/C13H15F3N2O/c1-17-6-7-18(12(19)9-17)8-10-2-4-11(5-3-10)13(14,15)16/h2-5H,6-9H2,1H3. The molecule has 0 N–H and O–H groups in total. The van der Waals surface area contributed by atoms with Gasteiger partial charge in [-0.05, 0) is 24.7 Å². The maximum absolute atomic E-state index is 12.4. The van der Waals surface area contributed by atoms with Gasteiger partial charge in [-0.25, -0.2) is 0 Å². The summed E-state index contributed by atoms with van der Waals surface area (Å²) in [7, 11) is 1.87. The summed E-state index contributed by atoms with van der Waals surface area (Å²) in [5, 5.41) is 0. The third kappa shape index (κ3) is 3.47. The van der Waals surface area contributed by atoms with Crippen LogP contribution in [0.3, 0.4) is 0 Å². The summed E-state index contributed by atoms with van der Waals surface area (Å²) in [6, 6.07) is 4.95. The molecule has 0 bridgehead atoms. The molecule has 1 aliphatic rings. The minimum atomic E-state index is -4.32. The highest BCUT2D eigenvalue weighted by atomic mass is 19.4. The average molecular weight is 272 g/mol. The Hall–Kier alpha value is -1.56. The Bertz CT molecular complexity index is 456. The average Bonchev–Trinajstić information content (AvgIpc) is 2.32. The third-order valence-corrected chi connectivity index (χ3v) is 3.16. The van der Waals surface area contributed by atoms with Crippen LogP contribution in [0.4, 0.5) is 13.2 Å². The van der Waals surface area contributed by atoms with Crippen molar-refractivity contribution in [1.29, 1.82) is 0 Å². The first-order valence-electron chi connectivity index (χ1n) is 5.99. The van der Waals surface area contributed by atoms with Gasteiger partial charge in [0.2, 0.25) is 5.91 Å². The first-order valence-corrected chi connectivity index (χ1v) is 5.99. The van der Waals surface area contributed by atoms with E-state index in [4.69, 9.17) is 0 Å². The van der Waals surface area contributed by atoms with Crippen molar-refractivity contribution in [2.24, 2.45) is 0 Å². The number of nitrogens with zero attached hydrogens (tertiary/aromatic N) is 2. The molecule has 0 aliphatic carbocycles. The second-order valence-electron chi connectivity index (χ2n) is 4.75. The number of hydrogen-bond acceptors (Lipinski definition) is 2. The lowest BCUT2D eigenvalue weighted by atomic mass is 10.1. The zero-order chi connectivity index (χ0) is 14.0. The zero-order valence-corrected chi connectivity index (χ0v) is 10.6. The normalized spacial score (nSPS) is 17.9. The Balaban J connectivity index is 2.02. The molecular weight excluding hydrogens is 257 g/mol. The van der Waals surface area contributed by atoms with Gasteiger partial charge in [0.25, 0.3) is 0 Å². The summed E-state index contributed by atoms with van der Waals surface area (Å²) >= 11 is 0. The third-order valence-electron chi connectivity index (χ3n) is 3.16. The SMILES string of the molecule is CN1CCN(Cc2ccc(C(F)(F)F)cc2)C(=O)C1. The maximum atomic E-state index is 12.4. The van der Waals surface area contributed by atoms with E-state index < -0.39 is 11.7 Å². The Kier molecular flexibility index (Phi) is 3.80. The van der Waals surface area contributed by atoms with E-state index >= 15 is 0 Å². The lowest BCUT2D eigenvalue weighted by Crippen LogP contribution is -2.48. The zero-order valence-electron chi connectivity index (χ0n) is 10.6. The molecule has 0 spiro atoms. The van der Waals surface area contributed by atoms with E-state index in [9.17, 15) is 18.0 Å². The number of carbonyl (C=O) groups excluding carboxylic acids is 1. The highest BCUT2D eigenvalue weighted by molar-refractivity contribution is 5.78. The second kappa shape index (κ2) is 5.21. The van der Waals surface area contributed by atoms with Gasteiger partial charge in [-0.15, -0.1) is 0 Å². The number of carbonyl (C=O) groups is 1. The van der Waals surface area contributed by atoms with E-state index in [0.717, 1.165) is 18.7 Å². The monoisotopic (exact) mass is 272 g/mol. The fraction of sp³-hybridized carbons (Fsp3) is 0.462. The van der Waals surface area contributed by atoms with Gasteiger partial charge < -0.3 is 4.90 Å². The number of hydrogen-bond donors (Lipinski definition) is 0. The van der Waals surface area contributed by atoms with E-state index in [2.05, 4.69) is 0 Å². The number of alkyl halides is 3. The molecule has 6 heteroatoms. The van der Waals surface area contributed by atoms with E-state index in [-0.39, 0.29) is 5.91 Å². The molecular formula is C13H15F3N2O. The molecule has 104 valence electrons. The molecule has 1 aliphatic heterocycles. The van der Waals surface area contributed by atoms with Crippen LogP contribution >= 0.6 is 0 Å². The fourth-order valence-corrected chi connectivity index (χ4v) is 2.01. The fourth-order valence-electron chi connectivity index (χ4n) is 2.01. The van der Waals surface area contributed by atoms with Gasteiger partial charge in [0.05, 0.1) is 12.1 Å². The summed E-state index contributed by atoms with van der Waals surface area (Å²) < 4.78 is 37.2. The first-order chi connectivity index (χ1) is 8.86. The highest BCUT2D eigenvalue weighted by Crippen LogP contribution is 2.29. The Morgan fingerprint density at radius 2 is 1.79 bits per heavy atom. The van der Waals surface area contributed by atoms with Gasteiger partial charge in [0.15, 0.2) is 0 Å². The number of piperazine rings is 1. The van der Waals surface area contributed by atoms with Crippen molar-refractivity contribution < 1.29 is 18.0 Å². The van der Waals surface area contributed by atoms with Crippen LogP contribution in [0.15, 0.2) is 24.3 Å². The van der Waals surface area contributed by atoms with Gasteiger partial charge in [-0.3, -0.25) is 9.69 Å². The minimum absolute atomic E-state index is 0.00801. The molecule has 1 fully saturated rings. The van der Waals surface area contributed by atoms with Crippen molar-refractivity contribution in [3.63, 3.8) is 0 Å². The van der Waals surface area contributed by atoms with Crippen LogP contribution < -0.4 is 0 Å². The summed E-state index contributed by atoms with van der Waals surface area (Å²) in [5.74, 6) is 0.00801. The van der Waals surface area contributed by atoms with Gasteiger partial charge in [-0.1, -0.05) is 12.1 Å². The Labute approximate surface area is 109 Å². The van der Waals surface area contributed by atoms with Gasteiger partial charge >= 0.3 is 6.18 Å². The summed E-state index contributed by atoms with van der Waals surface area (Å²) in [6.45, 7) is 2.12. The number of benzene rings is 1. The van der Waals surface area contributed by atoms with E-state index in [0.29, 0.717) is 25.2 Å². The maximum Gasteiger partial charge on any atom is 0.416 e. The summed E-state index contributed by atoms with van der Waals surface area (Å²) in [6.07, 6.45) is -4.32. The molecule has 1 aromatic carbocycles. The largest absolute Gasteiger partial charge is 0.416 e. The van der Waals surface area contributed by atoms with E-state index in [1.165, 1.54) is 12.1 Å². The van der Waals surface area contributed by atoms with Gasteiger partial charge in [-0.2, -0.15) is 13.2 Å². The van der Waals surface area contributed by atoms with E-state index in [1.807, 2.05) is 11.9 Å². The number of likely N-dealkylation sites (N-methyl/N-ethyl adjacent to an activating group) is 1. The van der Waals surface area contributed by atoms with Crippen molar-refractivity contribution in [3.05, 3.63) is 35.4 Å². The Morgan fingerprint density at radius 3 is 2.32 bits per heavy atom. The summed E-state index contributed by atoms with van der Waals surface area (Å²) in [4.78, 5) is 15.3. The van der Waals surface area contributed by atoms with E-state index in [1.54, 1.807) is 4.90 Å². The molecule has 1 saturated heterocycles. The van der Waals surface area contributed by atoms with Crippen LogP contribution in [-0.4, -0.2) is 42.4 Å². The molecule has 0 aromatic heterocycles. The van der Waals surface area contributed by atoms with Crippen molar-refractivity contribution >= 4 is 5.91 Å². The van der Waals surface area contributed by atoms with Crippen LogP contribution in [-0.2, 0) is 17.5 Å². The lowest BCUT2D eigenvalue weighted by Gasteiger charge is -2.32. The highest BCUT2D eigenvalue weighted by Gasteiger charge is 2.30. The van der Waals surface area contributed by atoms with Crippen LogP contribution in [0.5, 0.6) is 0 Å². The predicted octanol–water partition coefficient (Wildman–Crippen LogP) is 1.98. The van der Waals surface area contributed by atoms with Gasteiger partial charge in [0.1, 0.15) is 0 Å². The number of rotatable bonds is 2. The van der Waals surface area contributed by atoms with Crippen molar-refractivity contribution in [2.45, 2.75) is 12.7 Å². The summed E-state index contributed by atoms with van der Waals surface area (Å²) in [5.41, 5.74) is 0.0480. The minimum Gasteiger partial charge on any atom is -0.336 e. The van der Waals surface area contributed by atoms with Crippen molar-refractivity contribution in [1.82, 2.24) is 9.80 Å². The van der Waals surface area contributed by atoms with Crippen molar-refractivity contribution in [2.75, 3.05) is 26.7 Å². The van der Waals surface area contributed by atoms with Crippen LogP contribution in [0.1, 0.15) is 11.1 Å². The predicted molar refractivity (Wildman–Crippen MR) is 64.4 cm³/mol. The van der Waals surface area contributed by atoms with Gasteiger partial charge in [0, 0.05) is 19.6 Å². The first kappa shape index (κ1) is 13.9. The molecule has 0 radical (unpaired) electrons. The van der Waals surface area contributed by atoms with Crippen LogP contribution in [0.25, 0.3) is 0 Å². The molecule has 0 atom stereocenters. The number of amides is 1. The molecule has 0 unspecified atom stereocenters. The second-order valence-corrected chi connectivity index (χ2v) is 4.75. The molecule has 1 amide bonds. The molecule has 1 aromatic rings.